The number of hydrogen-bond acceptors (Lipinski definition) is 3. The van der Waals surface area contributed by atoms with Crippen molar-refractivity contribution in [2.75, 3.05) is 13.1 Å². The first-order chi connectivity index (χ1) is 9.67. The van der Waals surface area contributed by atoms with Gasteiger partial charge in [0, 0.05) is 13.1 Å². The van der Waals surface area contributed by atoms with Crippen LogP contribution in [0.1, 0.15) is 25.3 Å². The lowest BCUT2D eigenvalue weighted by Crippen LogP contribution is -2.48. The third-order valence-corrected chi connectivity index (χ3v) is 5.93. The Morgan fingerprint density at radius 3 is 2.71 bits per heavy atom. The Balaban J connectivity index is 2.40. The van der Waals surface area contributed by atoms with Gasteiger partial charge in [-0.15, -0.1) is 0 Å². The van der Waals surface area contributed by atoms with Gasteiger partial charge in [0.25, 0.3) is 0 Å². The van der Waals surface area contributed by atoms with E-state index in [9.17, 15) is 22.7 Å². The Morgan fingerprint density at radius 2 is 2.10 bits per heavy atom. The molecular formula is C14H18FNO4S. The summed E-state index contributed by atoms with van der Waals surface area (Å²) in [4.78, 5) is 11.2. The first kappa shape index (κ1) is 15.9. The first-order valence-corrected chi connectivity index (χ1v) is 8.10. The van der Waals surface area contributed by atoms with Crippen molar-refractivity contribution in [3.05, 3.63) is 29.6 Å². The van der Waals surface area contributed by atoms with E-state index in [-0.39, 0.29) is 18.0 Å². The van der Waals surface area contributed by atoms with Crippen molar-refractivity contribution < 1.29 is 22.7 Å². The molecule has 1 heterocycles. The van der Waals surface area contributed by atoms with Crippen molar-refractivity contribution in [3.8, 4) is 0 Å². The average molecular weight is 315 g/mol. The average Bonchev–Trinajstić information content (AvgIpc) is 2.41. The van der Waals surface area contributed by atoms with E-state index in [1.165, 1.54) is 19.1 Å². The Labute approximate surface area is 123 Å². The zero-order valence-electron chi connectivity index (χ0n) is 12.0. The molecule has 0 aromatic heterocycles. The number of carboxylic acids is 1. The predicted octanol–water partition coefficient (Wildman–Crippen LogP) is 2.01. The Kier molecular flexibility index (Phi) is 4.08. The number of hydrogen-bond donors (Lipinski definition) is 1. The fourth-order valence-corrected chi connectivity index (χ4v) is 4.40. The molecule has 0 saturated carbocycles. The van der Waals surface area contributed by atoms with E-state index in [2.05, 4.69) is 0 Å². The van der Waals surface area contributed by atoms with Crippen LogP contribution in [-0.4, -0.2) is 36.9 Å². The van der Waals surface area contributed by atoms with Gasteiger partial charge >= 0.3 is 5.97 Å². The highest BCUT2D eigenvalue weighted by Gasteiger charge is 2.42. The van der Waals surface area contributed by atoms with Crippen LogP contribution in [-0.2, 0) is 14.8 Å². The summed E-state index contributed by atoms with van der Waals surface area (Å²) in [6.45, 7) is 3.28. The minimum atomic E-state index is -3.89. The number of aliphatic carboxylic acids is 1. The second-order valence-electron chi connectivity index (χ2n) is 5.72. The summed E-state index contributed by atoms with van der Waals surface area (Å²) in [6.07, 6.45) is 0.896. The minimum absolute atomic E-state index is 0.0966. The van der Waals surface area contributed by atoms with Crippen LogP contribution in [0.2, 0.25) is 0 Å². The van der Waals surface area contributed by atoms with E-state index in [1.807, 2.05) is 0 Å². The number of piperidine rings is 1. The van der Waals surface area contributed by atoms with Crippen molar-refractivity contribution in [1.29, 1.82) is 0 Å². The number of aryl methyl sites for hydroxylation is 1. The maximum atomic E-state index is 13.3. The lowest BCUT2D eigenvalue weighted by Gasteiger charge is -2.36. The van der Waals surface area contributed by atoms with Crippen LogP contribution in [0.15, 0.2) is 23.1 Å². The number of benzene rings is 1. The molecule has 1 aromatic rings. The molecule has 1 aromatic carbocycles. The molecule has 0 spiro atoms. The number of rotatable bonds is 3. The van der Waals surface area contributed by atoms with Crippen molar-refractivity contribution in [1.82, 2.24) is 4.31 Å². The molecule has 0 amide bonds. The molecule has 1 N–H and O–H groups in total. The van der Waals surface area contributed by atoms with Crippen LogP contribution in [0.4, 0.5) is 4.39 Å². The van der Waals surface area contributed by atoms with E-state index in [1.54, 1.807) is 6.92 Å². The van der Waals surface area contributed by atoms with E-state index in [0.717, 1.165) is 10.4 Å². The molecule has 5 nitrogen and oxygen atoms in total. The second-order valence-corrected chi connectivity index (χ2v) is 7.62. The molecule has 0 radical (unpaired) electrons. The number of carbonyl (C=O) groups is 1. The number of sulfonamides is 1. The van der Waals surface area contributed by atoms with Gasteiger partial charge in [0.05, 0.1) is 10.3 Å². The maximum absolute atomic E-state index is 13.3. The highest BCUT2D eigenvalue weighted by atomic mass is 32.2. The summed E-state index contributed by atoms with van der Waals surface area (Å²) in [7, 11) is -3.89. The molecule has 116 valence electrons. The van der Waals surface area contributed by atoms with Crippen LogP contribution in [0.3, 0.4) is 0 Å². The Hall–Kier alpha value is -1.47. The number of halogens is 1. The predicted molar refractivity (Wildman–Crippen MR) is 74.9 cm³/mol. The summed E-state index contributed by atoms with van der Waals surface area (Å²) >= 11 is 0. The molecule has 0 aliphatic carbocycles. The van der Waals surface area contributed by atoms with E-state index < -0.39 is 27.2 Å². The zero-order chi connectivity index (χ0) is 15.8. The quantitative estimate of drug-likeness (QED) is 0.926. The molecule has 1 aliphatic rings. The second kappa shape index (κ2) is 5.38. The van der Waals surface area contributed by atoms with Gasteiger partial charge in [-0.1, -0.05) is 6.07 Å². The highest BCUT2D eigenvalue weighted by molar-refractivity contribution is 7.89. The van der Waals surface area contributed by atoms with E-state index in [4.69, 9.17) is 0 Å². The molecule has 0 bridgehead atoms. The summed E-state index contributed by atoms with van der Waals surface area (Å²) in [6, 6.07) is 3.59. The number of nitrogens with zero attached hydrogens (tertiary/aromatic N) is 1. The molecule has 1 unspecified atom stereocenters. The summed E-state index contributed by atoms with van der Waals surface area (Å²) in [5.41, 5.74) is -0.661. The Bertz CT molecular complexity index is 674. The highest BCUT2D eigenvalue weighted by Crippen LogP contribution is 2.33. The zero-order valence-corrected chi connectivity index (χ0v) is 12.8. The Morgan fingerprint density at radius 1 is 1.43 bits per heavy atom. The molecule has 7 heteroatoms. The first-order valence-electron chi connectivity index (χ1n) is 6.66. The van der Waals surface area contributed by atoms with Gasteiger partial charge in [-0.3, -0.25) is 4.79 Å². The fraction of sp³-hybridized carbons (Fsp3) is 0.500. The summed E-state index contributed by atoms with van der Waals surface area (Å²) in [5.74, 6) is -1.64. The van der Waals surface area contributed by atoms with Crippen molar-refractivity contribution in [3.63, 3.8) is 0 Å². The third-order valence-electron chi connectivity index (χ3n) is 3.95. The fourth-order valence-electron chi connectivity index (χ4n) is 2.56. The van der Waals surface area contributed by atoms with Crippen LogP contribution < -0.4 is 0 Å². The molecular weight excluding hydrogens is 297 g/mol. The molecule has 21 heavy (non-hydrogen) atoms. The molecule has 1 saturated heterocycles. The monoisotopic (exact) mass is 315 g/mol. The van der Waals surface area contributed by atoms with Crippen LogP contribution in [0.25, 0.3) is 0 Å². The van der Waals surface area contributed by atoms with E-state index >= 15 is 0 Å². The van der Waals surface area contributed by atoms with Crippen LogP contribution in [0.5, 0.6) is 0 Å². The van der Waals surface area contributed by atoms with Gasteiger partial charge in [0.1, 0.15) is 5.82 Å². The van der Waals surface area contributed by atoms with Gasteiger partial charge in [0.15, 0.2) is 0 Å². The standard InChI is InChI=1S/C14H18FNO4S/c1-10-4-5-11(15)8-12(10)21(19,20)16-7-3-6-14(2,9-16)13(17)18/h4-5,8H,3,6-7,9H2,1-2H3,(H,17,18). The maximum Gasteiger partial charge on any atom is 0.310 e. The van der Waals surface area contributed by atoms with Gasteiger partial charge in [-0.25, -0.2) is 12.8 Å². The van der Waals surface area contributed by atoms with Crippen LogP contribution >= 0.6 is 0 Å². The van der Waals surface area contributed by atoms with Gasteiger partial charge in [0.2, 0.25) is 10.0 Å². The molecule has 2 rings (SSSR count). The van der Waals surface area contributed by atoms with Crippen molar-refractivity contribution in [2.45, 2.75) is 31.6 Å². The van der Waals surface area contributed by atoms with Crippen LogP contribution in [0, 0.1) is 18.2 Å². The minimum Gasteiger partial charge on any atom is -0.481 e. The normalized spacial score (nSPS) is 24.0. The molecule has 1 aliphatic heterocycles. The van der Waals surface area contributed by atoms with Gasteiger partial charge in [-0.2, -0.15) is 4.31 Å². The molecule has 1 atom stereocenters. The SMILES string of the molecule is Cc1ccc(F)cc1S(=O)(=O)N1CCCC(C)(C(=O)O)C1. The number of carboxylic acid groups (broad SMARTS) is 1. The van der Waals surface area contributed by atoms with Crippen molar-refractivity contribution >= 4 is 16.0 Å². The summed E-state index contributed by atoms with van der Waals surface area (Å²) in [5, 5.41) is 9.27. The smallest absolute Gasteiger partial charge is 0.310 e. The molecule has 1 fully saturated rings. The lowest BCUT2D eigenvalue weighted by molar-refractivity contribution is -0.150. The summed E-state index contributed by atoms with van der Waals surface area (Å²) < 4.78 is 39.8. The lowest BCUT2D eigenvalue weighted by atomic mass is 9.83. The largest absolute Gasteiger partial charge is 0.481 e. The van der Waals surface area contributed by atoms with E-state index in [0.29, 0.717) is 18.4 Å². The van der Waals surface area contributed by atoms with Crippen molar-refractivity contribution in [2.24, 2.45) is 5.41 Å². The van der Waals surface area contributed by atoms with Gasteiger partial charge < -0.3 is 5.11 Å². The third kappa shape index (κ3) is 2.94. The van der Waals surface area contributed by atoms with Gasteiger partial charge in [-0.05, 0) is 44.4 Å². The topological polar surface area (TPSA) is 74.7 Å².